The van der Waals surface area contributed by atoms with Crippen molar-refractivity contribution < 1.29 is 0 Å². The lowest BCUT2D eigenvalue weighted by Crippen LogP contribution is -2.00. The number of pyridine rings is 2. The van der Waals surface area contributed by atoms with Crippen LogP contribution in [0.5, 0.6) is 0 Å². The zero-order chi connectivity index (χ0) is 44.9. The fourth-order valence-corrected chi connectivity index (χ4v) is 8.42. The molecule has 0 spiro atoms. The lowest BCUT2D eigenvalue weighted by Gasteiger charge is -2.16. The average molecular weight is 860 g/mol. The number of hydrogen-bond acceptors (Lipinski definition) is 7. The van der Waals surface area contributed by atoms with Crippen LogP contribution in [0.1, 0.15) is 5.69 Å². The Morgan fingerprint density at radius 2 is 0.716 bits per heavy atom. The van der Waals surface area contributed by atoms with Gasteiger partial charge in [0, 0.05) is 56.4 Å². The van der Waals surface area contributed by atoms with Crippen LogP contribution < -0.4 is 0 Å². The molecule has 7 nitrogen and oxygen atoms in total. The normalized spacial score (nSPS) is 11.1. The van der Waals surface area contributed by atoms with Crippen molar-refractivity contribution >= 4 is 0 Å². The van der Waals surface area contributed by atoms with Crippen LogP contribution in [0.4, 0.5) is 0 Å². The summed E-state index contributed by atoms with van der Waals surface area (Å²) in [5, 5.41) is 0. The minimum atomic E-state index is 0.590. The molecular weight excluding hydrogens is 819 g/mol. The molecule has 0 amide bonds. The molecule has 0 aliphatic heterocycles. The van der Waals surface area contributed by atoms with Crippen molar-refractivity contribution in [2.75, 3.05) is 0 Å². The van der Waals surface area contributed by atoms with Gasteiger partial charge in [0.25, 0.3) is 0 Å². The Morgan fingerprint density at radius 1 is 0.239 bits per heavy atom. The molecule has 0 N–H and O–H groups in total. The molecule has 7 heteroatoms. The van der Waals surface area contributed by atoms with Gasteiger partial charge in [0.15, 0.2) is 23.3 Å². The van der Waals surface area contributed by atoms with E-state index in [1.807, 2.05) is 128 Å². The van der Waals surface area contributed by atoms with Crippen molar-refractivity contribution in [3.8, 4) is 113 Å². The molecule has 11 rings (SSSR count). The maximum absolute atomic E-state index is 5.38. The van der Waals surface area contributed by atoms with Crippen molar-refractivity contribution in [2.45, 2.75) is 6.92 Å². The highest BCUT2D eigenvalue weighted by atomic mass is 15.0. The van der Waals surface area contributed by atoms with Crippen molar-refractivity contribution in [3.63, 3.8) is 0 Å². The second-order valence-electron chi connectivity index (χ2n) is 16.2. The standard InChI is InChI=1S/C60H41N7/c1-40-19-17-33-53(62-40)48-37-46(44-26-18-27-45(35-44)59-66-57(42-22-7-3-8-23-42)65-58(67-59)43-24-9-4-10-25-43)36-47(38-48)49-28-11-14-31-52(49)60-63-55(41-20-5-2-6-21-41)39-56(64-60)51-30-13-12-29-50(51)54-32-15-16-34-61-54/h2-39H,1H3. The maximum atomic E-state index is 5.38. The van der Waals surface area contributed by atoms with E-state index in [1.54, 1.807) is 0 Å². The first-order valence-electron chi connectivity index (χ1n) is 22.2. The maximum Gasteiger partial charge on any atom is 0.164 e. The van der Waals surface area contributed by atoms with Gasteiger partial charge in [-0.05, 0) is 83.8 Å². The van der Waals surface area contributed by atoms with Crippen LogP contribution >= 0.6 is 0 Å². The molecule has 0 saturated carbocycles. The third-order valence-corrected chi connectivity index (χ3v) is 11.7. The van der Waals surface area contributed by atoms with Gasteiger partial charge >= 0.3 is 0 Å². The van der Waals surface area contributed by atoms with Crippen LogP contribution in [-0.2, 0) is 0 Å². The van der Waals surface area contributed by atoms with E-state index in [-0.39, 0.29) is 0 Å². The van der Waals surface area contributed by atoms with Gasteiger partial charge in [-0.2, -0.15) is 0 Å². The molecule has 0 aliphatic carbocycles. The molecule has 0 saturated heterocycles. The minimum absolute atomic E-state index is 0.590. The van der Waals surface area contributed by atoms with E-state index in [9.17, 15) is 0 Å². The Balaban J connectivity index is 1.08. The second-order valence-corrected chi connectivity index (χ2v) is 16.2. The van der Waals surface area contributed by atoms with Gasteiger partial charge in [-0.1, -0.05) is 170 Å². The molecular formula is C60H41N7. The summed E-state index contributed by atoms with van der Waals surface area (Å²) in [7, 11) is 0. The van der Waals surface area contributed by atoms with E-state index < -0.39 is 0 Å². The Labute approximate surface area is 389 Å². The molecule has 0 fully saturated rings. The van der Waals surface area contributed by atoms with Crippen LogP contribution in [0.3, 0.4) is 0 Å². The van der Waals surface area contributed by atoms with Gasteiger partial charge in [-0.25, -0.2) is 24.9 Å². The molecule has 7 aromatic carbocycles. The van der Waals surface area contributed by atoms with Crippen molar-refractivity contribution in [3.05, 3.63) is 236 Å². The monoisotopic (exact) mass is 859 g/mol. The van der Waals surface area contributed by atoms with Crippen LogP contribution in [0.2, 0.25) is 0 Å². The fourth-order valence-electron chi connectivity index (χ4n) is 8.42. The number of rotatable bonds is 10. The Hall–Kier alpha value is -9.07. The molecule has 0 aliphatic rings. The molecule has 316 valence electrons. The predicted molar refractivity (Wildman–Crippen MR) is 270 cm³/mol. The summed E-state index contributed by atoms with van der Waals surface area (Å²) < 4.78 is 0. The highest BCUT2D eigenvalue weighted by Crippen LogP contribution is 2.40. The molecule has 0 unspecified atom stereocenters. The van der Waals surface area contributed by atoms with E-state index in [0.717, 1.165) is 95.2 Å². The highest BCUT2D eigenvalue weighted by molar-refractivity contribution is 5.89. The third-order valence-electron chi connectivity index (χ3n) is 11.7. The van der Waals surface area contributed by atoms with E-state index >= 15 is 0 Å². The molecule has 11 aromatic rings. The Morgan fingerprint density at radius 3 is 1.37 bits per heavy atom. The van der Waals surface area contributed by atoms with Gasteiger partial charge in [0.1, 0.15) is 0 Å². The number of aromatic nitrogens is 7. The van der Waals surface area contributed by atoms with Crippen molar-refractivity contribution in [1.82, 2.24) is 34.9 Å². The SMILES string of the molecule is Cc1cccc(-c2cc(-c3cccc(-c4nc(-c5ccccc5)nc(-c5ccccc5)n4)c3)cc(-c3ccccc3-c3nc(-c4ccccc4)cc(-c4ccccc4-c4ccccn4)n3)c2)n1. The molecule has 0 atom stereocenters. The van der Waals surface area contributed by atoms with E-state index in [4.69, 9.17) is 34.9 Å². The minimum Gasteiger partial charge on any atom is -0.256 e. The molecule has 4 heterocycles. The first-order chi connectivity index (χ1) is 33.1. The number of nitrogens with zero attached hydrogens (tertiary/aromatic N) is 7. The van der Waals surface area contributed by atoms with Crippen molar-refractivity contribution in [1.29, 1.82) is 0 Å². The van der Waals surface area contributed by atoms with Gasteiger partial charge in [0.2, 0.25) is 0 Å². The first kappa shape index (κ1) is 40.7. The lowest BCUT2D eigenvalue weighted by atomic mass is 9.91. The smallest absolute Gasteiger partial charge is 0.164 e. The van der Waals surface area contributed by atoms with Gasteiger partial charge in [0.05, 0.1) is 22.8 Å². The average Bonchev–Trinajstić information content (AvgIpc) is 3.41. The lowest BCUT2D eigenvalue weighted by molar-refractivity contribution is 1.07. The third kappa shape index (κ3) is 8.65. The van der Waals surface area contributed by atoms with E-state index in [0.29, 0.717) is 23.3 Å². The number of hydrogen-bond donors (Lipinski definition) is 0. The number of benzene rings is 7. The Kier molecular flexibility index (Phi) is 11.1. The van der Waals surface area contributed by atoms with Gasteiger partial charge in [-0.3, -0.25) is 9.97 Å². The Bertz CT molecular complexity index is 3470. The van der Waals surface area contributed by atoms with Crippen molar-refractivity contribution in [2.24, 2.45) is 0 Å². The highest BCUT2D eigenvalue weighted by Gasteiger charge is 2.19. The van der Waals surface area contributed by atoms with Crippen LogP contribution in [0, 0.1) is 6.92 Å². The first-order valence-corrected chi connectivity index (χ1v) is 22.2. The summed E-state index contributed by atoms with van der Waals surface area (Å²) >= 11 is 0. The summed E-state index contributed by atoms with van der Waals surface area (Å²) in [5.74, 6) is 2.43. The quantitative estimate of drug-likeness (QED) is 0.135. The molecule has 4 aromatic heterocycles. The van der Waals surface area contributed by atoms with Crippen LogP contribution in [0.15, 0.2) is 231 Å². The summed E-state index contributed by atoms with van der Waals surface area (Å²) in [5.41, 5.74) is 15.9. The number of aryl methyl sites for hydroxylation is 1. The summed E-state index contributed by atoms with van der Waals surface area (Å²) in [6, 6.07) is 76.4. The van der Waals surface area contributed by atoms with Crippen LogP contribution in [0.25, 0.3) is 113 Å². The van der Waals surface area contributed by atoms with E-state index in [2.05, 4.69) is 109 Å². The fraction of sp³-hybridized carbons (Fsp3) is 0.0167. The molecule has 67 heavy (non-hydrogen) atoms. The molecule has 0 bridgehead atoms. The zero-order valence-electron chi connectivity index (χ0n) is 36.6. The largest absolute Gasteiger partial charge is 0.256 e. The topological polar surface area (TPSA) is 90.2 Å². The van der Waals surface area contributed by atoms with Crippen LogP contribution in [-0.4, -0.2) is 34.9 Å². The summed E-state index contributed by atoms with van der Waals surface area (Å²) in [6.07, 6.45) is 1.82. The predicted octanol–water partition coefficient (Wildman–Crippen LogP) is 14.4. The second kappa shape index (κ2) is 18.2. The summed E-state index contributed by atoms with van der Waals surface area (Å²) in [4.78, 5) is 35.4. The summed E-state index contributed by atoms with van der Waals surface area (Å²) in [6.45, 7) is 2.02. The zero-order valence-corrected chi connectivity index (χ0v) is 36.6. The van der Waals surface area contributed by atoms with E-state index in [1.165, 1.54) is 0 Å². The molecule has 0 radical (unpaired) electrons. The van der Waals surface area contributed by atoms with Gasteiger partial charge in [-0.15, -0.1) is 0 Å². The van der Waals surface area contributed by atoms with Gasteiger partial charge < -0.3 is 0 Å².